The summed E-state index contributed by atoms with van der Waals surface area (Å²) in [5.41, 5.74) is 7.46. The Hall–Kier alpha value is -2.77. The molecule has 0 aliphatic rings. The third kappa shape index (κ3) is 2.73. The van der Waals surface area contributed by atoms with E-state index in [-0.39, 0.29) is 5.95 Å². The molecule has 0 aliphatic heterocycles. The number of pyridine rings is 1. The van der Waals surface area contributed by atoms with Gasteiger partial charge in [0, 0.05) is 18.5 Å². The highest BCUT2D eigenvalue weighted by molar-refractivity contribution is 5.61. The summed E-state index contributed by atoms with van der Waals surface area (Å²) in [5.74, 6) is 0.501. The first-order valence-corrected chi connectivity index (χ1v) is 6.10. The molecule has 0 radical (unpaired) electrons. The molecule has 3 aromatic rings. The van der Waals surface area contributed by atoms with Gasteiger partial charge in [0.25, 0.3) is 6.43 Å². The van der Waals surface area contributed by atoms with Gasteiger partial charge in [0.2, 0.25) is 5.95 Å². The van der Waals surface area contributed by atoms with E-state index in [0.29, 0.717) is 17.1 Å². The lowest BCUT2D eigenvalue weighted by Gasteiger charge is -2.06. The van der Waals surface area contributed by atoms with Gasteiger partial charge in [-0.2, -0.15) is 0 Å². The van der Waals surface area contributed by atoms with Crippen LogP contribution in [-0.4, -0.2) is 32.4 Å². The van der Waals surface area contributed by atoms with E-state index in [1.165, 1.54) is 0 Å². The summed E-state index contributed by atoms with van der Waals surface area (Å²) in [6.07, 6.45) is 2.34. The van der Waals surface area contributed by atoms with Crippen LogP contribution in [0, 0.1) is 0 Å². The fourth-order valence-electron chi connectivity index (χ4n) is 1.92. The van der Waals surface area contributed by atoms with Crippen molar-refractivity contribution in [2.75, 3.05) is 12.3 Å². The predicted octanol–water partition coefficient (Wildman–Crippen LogP) is 2.02. The van der Waals surface area contributed by atoms with Crippen LogP contribution in [0.2, 0.25) is 0 Å². The van der Waals surface area contributed by atoms with E-state index in [1.54, 1.807) is 41.2 Å². The van der Waals surface area contributed by atoms with E-state index in [9.17, 15) is 8.78 Å². The average molecular weight is 291 g/mol. The van der Waals surface area contributed by atoms with Gasteiger partial charge in [-0.15, -0.1) is 0 Å². The fraction of sp³-hybridized carbons (Fsp3) is 0.154. The first-order valence-electron chi connectivity index (χ1n) is 6.10. The number of alkyl halides is 2. The van der Waals surface area contributed by atoms with Crippen molar-refractivity contribution >= 4 is 11.6 Å². The van der Waals surface area contributed by atoms with Gasteiger partial charge < -0.3 is 10.5 Å². The van der Waals surface area contributed by atoms with Crippen LogP contribution in [-0.2, 0) is 0 Å². The second-order valence-corrected chi connectivity index (χ2v) is 4.24. The number of imidazole rings is 1. The smallest absolute Gasteiger partial charge is 0.272 e. The Morgan fingerprint density at radius 2 is 2.14 bits per heavy atom. The molecule has 0 spiro atoms. The average Bonchev–Trinajstić information content (AvgIpc) is 2.88. The van der Waals surface area contributed by atoms with Gasteiger partial charge in [-0.3, -0.25) is 4.40 Å². The Morgan fingerprint density at radius 3 is 2.90 bits per heavy atom. The molecule has 0 unspecified atom stereocenters. The van der Waals surface area contributed by atoms with Gasteiger partial charge in [0.1, 0.15) is 18.0 Å². The van der Waals surface area contributed by atoms with E-state index in [2.05, 4.69) is 15.0 Å². The first kappa shape index (κ1) is 13.2. The molecule has 0 saturated heterocycles. The predicted molar refractivity (Wildman–Crippen MR) is 72.1 cm³/mol. The van der Waals surface area contributed by atoms with Crippen LogP contribution < -0.4 is 10.5 Å². The van der Waals surface area contributed by atoms with Crippen LogP contribution >= 0.6 is 0 Å². The van der Waals surface area contributed by atoms with E-state index < -0.39 is 13.0 Å². The van der Waals surface area contributed by atoms with Crippen molar-refractivity contribution in [2.24, 2.45) is 0 Å². The van der Waals surface area contributed by atoms with Crippen LogP contribution in [0.4, 0.5) is 14.7 Å². The molecule has 6 nitrogen and oxygen atoms in total. The SMILES string of the molecule is Nc1nccc(-c2cnc3cc(OCC(F)F)ccn23)n1. The molecule has 0 bridgehead atoms. The molecular formula is C13H11F2N5O. The van der Waals surface area contributed by atoms with E-state index in [1.807, 2.05) is 0 Å². The van der Waals surface area contributed by atoms with Gasteiger partial charge >= 0.3 is 0 Å². The van der Waals surface area contributed by atoms with Gasteiger partial charge in [0.05, 0.1) is 17.6 Å². The largest absolute Gasteiger partial charge is 0.487 e. The molecular weight excluding hydrogens is 280 g/mol. The zero-order valence-corrected chi connectivity index (χ0v) is 10.8. The minimum Gasteiger partial charge on any atom is -0.487 e. The summed E-state index contributed by atoms with van der Waals surface area (Å²) in [5, 5.41) is 0. The number of anilines is 1. The fourth-order valence-corrected chi connectivity index (χ4v) is 1.92. The van der Waals surface area contributed by atoms with Crippen molar-refractivity contribution in [3.8, 4) is 17.1 Å². The molecule has 0 aromatic carbocycles. The highest BCUT2D eigenvalue weighted by Gasteiger charge is 2.09. The van der Waals surface area contributed by atoms with Crippen molar-refractivity contribution in [1.29, 1.82) is 0 Å². The third-order valence-corrected chi connectivity index (χ3v) is 2.80. The van der Waals surface area contributed by atoms with Crippen molar-refractivity contribution in [3.05, 3.63) is 36.8 Å². The number of rotatable bonds is 4. The summed E-state index contributed by atoms with van der Waals surface area (Å²) in [6.45, 7) is -0.647. The molecule has 8 heteroatoms. The monoisotopic (exact) mass is 291 g/mol. The Bertz CT molecular complexity index is 774. The Labute approximate surface area is 118 Å². The third-order valence-electron chi connectivity index (χ3n) is 2.80. The lowest BCUT2D eigenvalue weighted by Crippen LogP contribution is -2.07. The molecule has 21 heavy (non-hydrogen) atoms. The van der Waals surface area contributed by atoms with E-state index in [4.69, 9.17) is 10.5 Å². The summed E-state index contributed by atoms with van der Waals surface area (Å²) in [4.78, 5) is 12.2. The molecule has 0 fully saturated rings. The second kappa shape index (κ2) is 5.31. The van der Waals surface area contributed by atoms with Gasteiger partial charge in [-0.1, -0.05) is 0 Å². The van der Waals surface area contributed by atoms with Crippen LogP contribution in [0.15, 0.2) is 36.8 Å². The lowest BCUT2D eigenvalue weighted by atomic mass is 10.3. The van der Waals surface area contributed by atoms with Crippen LogP contribution in [0.5, 0.6) is 5.75 Å². The number of aromatic nitrogens is 4. The molecule has 2 N–H and O–H groups in total. The molecule has 3 rings (SSSR count). The quantitative estimate of drug-likeness (QED) is 0.795. The van der Waals surface area contributed by atoms with Crippen LogP contribution in [0.3, 0.4) is 0 Å². The van der Waals surface area contributed by atoms with Crippen LogP contribution in [0.25, 0.3) is 17.0 Å². The second-order valence-electron chi connectivity index (χ2n) is 4.24. The van der Waals surface area contributed by atoms with Crippen molar-refractivity contribution in [2.45, 2.75) is 6.43 Å². The first-order chi connectivity index (χ1) is 10.1. The van der Waals surface area contributed by atoms with Crippen LogP contribution in [0.1, 0.15) is 0 Å². The highest BCUT2D eigenvalue weighted by Crippen LogP contribution is 2.22. The topological polar surface area (TPSA) is 78.3 Å². The summed E-state index contributed by atoms with van der Waals surface area (Å²) in [6, 6.07) is 4.88. The summed E-state index contributed by atoms with van der Waals surface area (Å²) < 4.78 is 31.0. The summed E-state index contributed by atoms with van der Waals surface area (Å²) in [7, 11) is 0. The molecule has 0 amide bonds. The summed E-state index contributed by atoms with van der Waals surface area (Å²) >= 11 is 0. The zero-order chi connectivity index (χ0) is 14.8. The molecule has 108 valence electrons. The van der Waals surface area contributed by atoms with Gasteiger partial charge in [0.15, 0.2) is 0 Å². The standard InChI is InChI=1S/C13H11F2N5O/c14-11(15)7-21-8-2-4-20-10(6-18-12(20)5-8)9-1-3-17-13(16)19-9/h1-6,11H,7H2,(H2,16,17,19). The molecule has 3 heterocycles. The number of hydrogen-bond acceptors (Lipinski definition) is 5. The number of nitrogens with two attached hydrogens (primary N) is 1. The number of ether oxygens (including phenoxy) is 1. The zero-order valence-electron chi connectivity index (χ0n) is 10.8. The molecule has 0 saturated carbocycles. The number of halogens is 2. The Kier molecular flexibility index (Phi) is 3.35. The minimum atomic E-state index is -2.51. The van der Waals surface area contributed by atoms with Gasteiger partial charge in [-0.05, 0) is 12.1 Å². The van der Waals surface area contributed by atoms with E-state index >= 15 is 0 Å². The normalized spacial score (nSPS) is 11.2. The van der Waals surface area contributed by atoms with Crippen molar-refractivity contribution in [1.82, 2.24) is 19.4 Å². The maximum absolute atomic E-state index is 12.1. The lowest BCUT2D eigenvalue weighted by molar-refractivity contribution is 0.0819. The number of nitrogens with zero attached hydrogens (tertiary/aromatic N) is 4. The molecule has 3 aromatic heterocycles. The van der Waals surface area contributed by atoms with E-state index in [0.717, 1.165) is 5.69 Å². The van der Waals surface area contributed by atoms with Crippen molar-refractivity contribution < 1.29 is 13.5 Å². The highest BCUT2D eigenvalue weighted by atomic mass is 19.3. The Balaban J connectivity index is 1.96. The van der Waals surface area contributed by atoms with Gasteiger partial charge in [-0.25, -0.2) is 23.7 Å². The number of hydrogen-bond donors (Lipinski definition) is 1. The van der Waals surface area contributed by atoms with Crippen molar-refractivity contribution in [3.63, 3.8) is 0 Å². The molecule has 0 aliphatic carbocycles. The maximum Gasteiger partial charge on any atom is 0.272 e. The molecule has 0 atom stereocenters. The Morgan fingerprint density at radius 1 is 1.29 bits per heavy atom. The minimum absolute atomic E-state index is 0.166. The number of nitrogen functional groups attached to an aromatic ring is 1. The number of fused-ring (bicyclic) bond motifs is 1. The maximum atomic E-state index is 12.1.